The molecule has 1 atom stereocenters. The van der Waals surface area contributed by atoms with Gasteiger partial charge >= 0.3 is 0 Å². The second-order valence-corrected chi connectivity index (χ2v) is 9.61. The molecule has 1 aromatic carbocycles. The molecule has 2 aliphatic rings. The molecule has 29 heavy (non-hydrogen) atoms. The van der Waals surface area contributed by atoms with E-state index in [-0.39, 0.29) is 5.82 Å². The summed E-state index contributed by atoms with van der Waals surface area (Å²) < 4.78 is 19.6. The van der Waals surface area contributed by atoms with E-state index in [1.54, 1.807) is 18.7 Å². The standard InChI is InChI=1S/C27H41FO/c1-3-4-16-27(17-9-6-10-18-27)19-15-24(20-22-11-7-5-8-12-22)23-13-14-26(29-2)25(28)21-23/h11,13-14,21,24H,3-10,12,15-20H2,1-2H3. The number of rotatable bonds is 10. The van der Waals surface area contributed by atoms with Crippen LogP contribution in [0.1, 0.15) is 115 Å². The highest BCUT2D eigenvalue weighted by molar-refractivity contribution is 5.32. The van der Waals surface area contributed by atoms with E-state index in [4.69, 9.17) is 4.74 Å². The summed E-state index contributed by atoms with van der Waals surface area (Å²) in [6.45, 7) is 2.31. The molecule has 1 nitrogen and oxygen atoms in total. The summed E-state index contributed by atoms with van der Waals surface area (Å²) in [5.41, 5.74) is 3.30. The van der Waals surface area contributed by atoms with Gasteiger partial charge in [0.1, 0.15) is 0 Å². The lowest BCUT2D eigenvalue weighted by atomic mass is 9.67. The fourth-order valence-electron chi connectivity index (χ4n) is 5.69. The molecule has 2 heteroatoms. The molecule has 0 bridgehead atoms. The topological polar surface area (TPSA) is 9.23 Å². The zero-order chi connectivity index (χ0) is 20.5. The third kappa shape index (κ3) is 6.33. The second kappa shape index (κ2) is 11.2. The summed E-state index contributed by atoms with van der Waals surface area (Å²) in [5.74, 6) is 0.572. The molecular weight excluding hydrogens is 359 g/mol. The minimum absolute atomic E-state index is 0.217. The van der Waals surface area contributed by atoms with E-state index in [1.807, 2.05) is 6.07 Å². The third-order valence-electron chi connectivity index (χ3n) is 7.54. The van der Waals surface area contributed by atoms with Crippen LogP contribution < -0.4 is 4.74 Å². The van der Waals surface area contributed by atoms with Crippen LogP contribution in [0.5, 0.6) is 5.75 Å². The van der Waals surface area contributed by atoms with Crippen LogP contribution in [0.2, 0.25) is 0 Å². The van der Waals surface area contributed by atoms with Gasteiger partial charge in [-0.3, -0.25) is 0 Å². The Labute approximate surface area is 178 Å². The average Bonchev–Trinajstić information content (AvgIpc) is 2.76. The molecule has 0 saturated heterocycles. The zero-order valence-corrected chi connectivity index (χ0v) is 18.8. The Hall–Kier alpha value is -1.31. The quantitative estimate of drug-likeness (QED) is 0.357. The minimum Gasteiger partial charge on any atom is -0.494 e. The van der Waals surface area contributed by atoms with E-state index in [1.165, 1.54) is 89.9 Å². The molecule has 162 valence electrons. The summed E-state index contributed by atoms with van der Waals surface area (Å²) in [7, 11) is 1.54. The first-order valence-electron chi connectivity index (χ1n) is 12.2. The van der Waals surface area contributed by atoms with E-state index >= 15 is 0 Å². The highest BCUT2D eigenvalue weighted by Crippen LogP contribution is 2.46. The largest absolute Gasteiger partial charge is 0.494 e. The number of halogens is 1. The summed E-state index contributed by atoms with van der Waals surface area (Å²) in [6, 6.07) is 5.67. The molecule has 0 aliphatic heterocycles. The van der Waals surface area contributed by atoms with Gasteiger partial charge in [-0.25, -0.2) is 4.39 Å². The molecule has 0 amide bonds. The number of benzene rings is 1. The van der Waals surface area contributed by atoms with Crippen LogP contribution in [0.25, 0.3) is 0 Å². The van der Waals surface area contributed by atoms with Crippen LogP contribution in [0.4, 0.5) is 4.39 Å². The predicted octanol–water partition coefficient (Wildman–Crippen LogP) is 8.73. The number of methoxy groups -OCH3 is 1. The molecule has 1 saturated carbocycles. The van der Waals surface area contributed by atoms with Gasteiger partial charge in [0.25, 0.3) is 0 Å². The summed E-state index contributed by atoms with van der Waals surface area (Å²) in [5, 5.41) is 0. The minimum atomic E-state index is -0.217. The van der Waals surface area contributed by atoms with Crippen LogP contribution >= 0.6 is 0 Å². The normalized spacial score (nSPS) is 20.2. The second-order valence-electron chi connectivity index (χ2n) is 9.61. The van der Waals surface area contributed by atoms with Crippen LogP contribution in [-0.4, -0.2) is 7.11 Å². The molecule has 3 rings (SSSR count). The van der Waals surface area contributed by atoms with E-state index < -0.39 is 0 Å². The Morgan fingerprint density at radius 1 is 1.07 bits per heavy atom. The molecule has 1 unspecified atom stereocenters. The fourth-order valence-corrected chi connectivity index (χ4v) is 5.69. The summed E-state index contributed by atoms with van der Waals surface area (Å²) in [6.07, 6.45) is 22.2. The Bertz CT molecular complexity index is 657. The number of hydrogen-bond acceptors (Lipinski definition) is 1. The van der Waals surface area contributed by atoms with Gasteiger partial charge in [-0.1, -0.05) is 56.7 Å². The first kappa shape index (κ1) is 22.4. The molecule has 0 heterocycles. The number of allylic oxidation sites excluding steroid dienone is 2. The zero-order valence-electron chi connectivity index (χ0n) is 18.8. The third-order valence-corrected chi connectivity index (χ3v) is 7.54. The molecule has 2 aliphatic carbocycles. The van der Waals surface area contributed by atoms with Crippen molar-refractivity contribution in [1.29, 1.82) is 0 Å². The van der Waals surface area contributed by atoms with Gasteiger partial charge < -0.3 is 4.74 Å². The first-order chi connectivity index (χ1) is 14.2. The van der Waals surface area contributed by atoms with Gasteiger partial charge in [0, 0.05) is 0 Å². The molecule has 0 radical (unpaired) electrons. The Morgan fingerprint density at radius 2 is 1.90 bits per heavy atom. The lowest BCUT2D eigenvalue weighted by Crippen LogP contribution is -2.25. The van der Waals surface area contributed by atoms with Crippen molar-refractivity contribution < 1.29 is 9.13 Å². The predicted molar refractivity (Wildman–Crippen MR) is 121 cm³/mol. The van der Waals surface area contributed by atoms with E-state index in [0.717, 1.165) is 12.0 Å². The van der Waals surface area contributed by atoms with E-state index in [2.05, 4.69) is 19.1 Å². The van der Waals surface area contributed by atoms with Crippen LogP contribution in [0, 0.1) is 11.2 Å². The number of unbranched alkanes of at least 4 members (excludes halogenated alkanes) is 1. The van der Waals surface area contributed by atoms with Crippen molar-refractivity contribution in [2.45, 2.75) is 109 Å². The van der Waals surface area contributed by atoms with Gasteiger partial charge in [-0.15, -0.1) is 0 Å². The first-order valence-corrected chi connectivity index (χ1v) is 12.2. The monoisotopic (exact) mass is 400 g/mol. The Morgan fingerprint density at radius 3 is 2.55 bits per heavy atom. The van der Waals surface area contributed by atoms with Gasteiger partial charge in [-0.2, -0.15) is 0 Å². The van der Waals surface area contributed by atoms with Gasteiger partial charge in [0.2, 0.25) is 0 Å². The summed E-state index contributed by atoms with van der Waals surface area (Å²) >= 11 is 0. The molecular formula is C27H41FO. The van der Waals surface area contributed by atoms with Crippen molar-refractivity contribution in [1.82, 2.24) is 0 Å². The smallest absolute Gasteiger partial charge is 0.165 e. The van der Waals surface area contributed by atoms with Gasteiger partial charge in [-0.05, 0) is 93.2 Å². The number of ether oxygens (including phenoxy) is 1. The van der Waals surface area contributed by atoms with Crippen molar-refractivity contribution in [3.8, 4) is 5.75 Å². The van der Waals surface area contributed by atoms with Crippen molar-refractivity contribution >= 4 is 0 Å². The highest BCUT2D eigenvalue weighted by Gasteiger charge is 2.32. The van der Waals surface area contributed by atoms with Crippen LogP contribution in [0.15, 0.2) is 29.8 Å². The Kier molecular flexibility index (Phi) is 8.63. The van der Waals surface area contributed by atoms with Crippen molar-refractivity contribution in [3.05, 3.63) is 41.2 Å². The summed E-state index contributed by atoms with van der Waals surface area (Å²) in [4.78, 5) is 0. The molecule has 0 spiro atoms. The molecule has 1 aromatic rings. The van der Waals surface area contributed by atoms with E-state index in [0.29, 0.717) is 17.1 Å². The SMILES string of the molecule is CCCCC1(CCC(CC2=CCCCC2)c2ccc(OC)c(F)c2)CCCCC1. The number of hydrogen-bond donors (Lipinski definition) is 0. The maximum Gasteiger partial charge on any atom is 0.165 e. The van der Waals surface area contributed by atoms with Crippen molar-refractivity contribution in [2.75, 3.05) is 7.11 Å². The van der Waals surface area contributed by atoms with E-state index in [9.17, 15) is 4.39 Å². The lowest BCUT2D eigenvalue weighted by molar-refractivity contribution is 0.145. The molecule has 0 aromatic heterocycles. The fraction of sp³-hybridized carbons (Fsp3) is 0.704. The lowest BCUT2D eigenvalue weighted by Gasteiger charge is -2.39. The molecule has 0 N–H and O–H groups in total. The maximum atomic E-state index is 14.5. The van der Waals surface area contributed by atoms with Gasteiger partial charge in [0.15, 0.2) is 11.6 Å². The maximum absolute atomic E-state index is 14.5. The van der Waals surface area contributed by atoms with Gasteiger partial charge in [0.05, 0.1) is 7.11 Å². The Balaban J connectivity index is 1.76. The van der Waals surface area contributed by atoms with Crippen molar-refractivity contribution in [3.63, 3.8) is 0 Å². The molecule has 1 fully saturated rings. The van der Waals surface area contributed by atoms with Crippen LogP contribution in [-0.2, 0) is 0 Å². The van der Waals surface area contributed by atoms with Crippen LogP contribution in [0.3, 0.4) is 0 Å². The average molecular weight is 401 g/mol. The highest BCUT2D eigenvalue weighted by atomic mass is 19.1. The van der Waals surface area contributed by atoms with Crippen molar-refractivity contribution in [2.24, 2.45) is 5.41 Å².